The minimum Gasteiger partial charge on any atom is -0.491 e. The number of anilines is 2. The molecule has 2 aromatic rings. The summed E-state index contributed by atoms with van der Waals surface area (Å²) >= 11 is 5.17. The van der Waals surface area contributed by atoms with Crippen LogP contribution >= 0.6 is 12.2 Å². The summed E-state index contributed by atoms with van der Waals surface area (Å²) in [6, 6.07) is 16.0. The zero-order valence-corrected chi connectivity index (χ0v) is 11.9. The molecule has 102 valence electrons. The second-order valence-electron chi connectivity index (χ2n) is 4.70. The van der Waals surface area contributed by atoms with E-state index >= 15 is 0 Å². The van der Waals surface area contributed by atoms with Gasteiger partial charge >= 0.3 is 0 Å². The van der Waals surface area contributed by atoms with E-state index < -0.39 is 0 Å². The lowest BCUT2D eigenvalue weighted by atomic mass is 10.1. The van der Waals surface area contributed by atoms with E-state index in [0.29, 0.717) is 4.99 Å². The highest BCUT2D eigenvalue weighted by Crippen LogP contribution is 2.37. The molecule has 0 saturated carbocycles. The first kappa shape index (κ1) is 12.9. The molecule has 0 bridgehead atoms. The molecule has 20 heavy (non-hydrogen) atoms. The normalized spacial score (nSPS) is 14.1. The Morgan fingerprint density at radius 3 is 2.55 bits per heavy atom. The van der Waals surface area contributed by atoms with Crippen molar-refractivity contribution in [3.8, 4) is 5.75 Å². The summed E-state index contributed by atoms with van der Waals surface area (Å²) < 4.78 is 5.79. The summed E-state index contributed by atoms with van der Waals surface area (Å²) in [7, 11) is 0. The van der Waals surface area contributed by atoms with Gasteiger partial charge in [0.2, 0.25) is 0 Å². The molecule has 3 rings (SSSR count). The van der Waals surface area contributed by atoms with Crippen LogP contribution in [0.15, 0.2) is 48.5 Å². The maximum Gasteiger partial charge on any atom is 0.142 e. The van der Waals surface area contributed by atoms with Crippen molar-refractivity contribution in [2.45, 2.75) is 6.42 Å². The number of fused-ring (bicyclic) bond motifs is 1. The van der Waals surface area contributed by atoms with Gasteiger partial charge in [0.25, 0.3) is 0 Å². The third-order valence-corrected chi connectivity index (χ3v) is 3.62. The van der Waals surface area contributed by atoms with Crippen LogP contribution in [-0.4, -0.2) is 18.1 Å². The number of rotatable bonds is 2. The molecule has 0 aromatic heterocycles. The van der Waals surface area contributed by atoms with Crippen LogP contribution in [0.4, 0.5) is 11.4 Å². The Hall–Kier alpha value is -2.07. The van der Waals surface area contributed by atoms with Crippen molar-refractivity contribution >= 4 is 28.6 Å². The Kier molecular flexibility index (Phi) is 3.56. The SMILES string of the molecule is NC(=S)c1ccccc1N1CCCOc2ccccc21. The molecule has 3 nitrogen and oxygen atoms in total. The van der Waals surface area contributed by atoms with Gasteiger partial charge in [-0.2, -0.15) is 0 Å². The minimum atomic E-state index is 0.420. The van der Waals surface area contributed by atoms with E-state index in [9.17, 15) is 0 Å². The van der Waals surface area contributed by atoms with Crippen molar-refractivity contribution in [3.05, 3.63) is 54.1 Å². The molecule has 0 radical (unpaired) electrons. The molecule has 0 spiro atoms. The maximum absolute atomic E-state index is 5.85. The quantitative estimate of drug-likeness (QED) is 0.859. The van der Waals surface area contributed by atoms with Gasteiger partial charge in [0.1, 0.15) is 10.7 Å². The van der Waals surface area contributed by atoms with Crippen molar-refractivity contribution in [2.75, 3.05) is 18.1 Å². The van der Waals surface area contributed by atoms with Crippen LogP contribution in [0.25, 0.3) is 0 Å². The molecule has 1 heterocycles. The highest BCUT2D eigenvalue weighted by atomic mass is 32.1. The summed E-state index contributed by atoms with van der Waals surface area (Å²) in [6.45, 7) is 1.61. The van der Waals surface area contributed by atoms with Crippen molar-refractivity contribution in [1.29, 1.82) is 0 Å². The van der Waals surface area contributed by atoms with Gasteiger partial charge in [-0.3, -0.25) is 0 Å². The Morgan fingerprint density at radius 1 is 1.05 bits per heavy atom. The smallest absolute Gasteiger partial charge is 0.142 e. The number of ether oxygens (including phenoxy) is 1. The van der Waals surface area contributed by atoms with Crippen LogP contribution in [0, 0.1) is 0 Å². The van der Waals surface area contributed by atoms with Gasteiger partial charge in [-0.15, -0.1) is 0 Å². The number of nitrogens with two attached hydrogens (primary N) is 1. The second-order valence-corrected chi connectivity index (χ2v) is 5.14. The fourth-order valence-electron chi connectivity index (χ4n) is 2.50. The molecule has 0 amide bonds. The van der Waals surface area contributed by atoms with E-state index in [2.05, 4.69) is 17.0 Å². The van der Waals surface area contributed by atoms with Gasteiger partial charge in [-0.25, -0.2) is 0 Å². The first-order chi connectivity index (χ1) is 9.77. The zero-order valence-electron chi connectivity index (χ0n) is 11.1. The Balaban J connectivity index is 2.13. The molecule has 0 unspecified atom stereocenters. The van der Waals surface area contributed by atoms with Gasteiger partial charge < -0.3 is 15.4 Å². The molecule has 0 saturated heterocycles. The highest BCUT2D eigenvalue weighted by molar-refractivity contribution is 7.80. The molecule has 0 atom stereocenters. The third kappa shape index (κ3) is 2.34. The molecule has 4 heteroatoms. The average Bonchev–Trinajstić information content (AvgIpc) is 2.69. The Morgan fingerprint density at radius 2 is 1.75 bits per heavy atom. The predicted octanol–water partition coefficient (Wildman–Crippen LogP) is 3.24. The lowest BCUT2D eigenvalue weighted by Crippen LogP contribution is -2.22. The summed E-state index contributed by atoms with van der Waals surface area (Å²) in [5.74, 6) is 0.905. The fourth-order valence-corrected chi connectivity index (χ4v) is 2.67. The van der Waals surface area contributed by atoms with E-state index in [4.69, 9.17) is 22.7 Å². The average molecular weight is 284 g/mol. The third-order valence-electron chi connectivity index (χ3n) is 3.40. The largest absolute Gasteiger partial charge is 0.491 e. The van der Waals surface area contributed by atoms with Crippen LogP contribution in [0.2, 0.25) is 0 Å². The minimum absolute atomic E-state index is 0.420. The van der Waals surface area contributed by atoms with E-state index in [1.54, 1.807) is 0 Å². The summed E-state index contributed by atoms with van der Waals surface area (Å²) in [5.41, 5.74) is 8.86. The number of nitrogens with zero attached hydrogens (tertiary/aromatic N) is 1. The van der Waals surface area contributed by atoms with Crippen molar-refractivity contribution < 1.29 is 4.74 Å². The lowest BCUT2D eigenvalue weighted by Gasteiger charge is -2.26. The monoisotopic (exact) mass is 284 g/mol. The van der Waals surface area contributed by atoms with Crippen molar-refractivity contribution in [1.82, 2.24) is 0 Å². The first-order valence-electron chi connectivity index (χ1n) is 6.65. The standard InChI is InChI=1S/C16H16N2OS/c17-16(20)12-6-1-2-7-13(12)18-10-5-11-19-15-9-4-3-8-14(15)18/h1-4,6-9H,5,10-11H2,(H2,17,20). The van der Waals surface area contributed by atoms with Crippen molar-refractivity contribution in [3.63, 3.8) is 0 Å². The van der Waals surface area contributed by atoms with Gasteiger partial charge in [-0.1, -0.05) is 36.5 Å². The van der Waals surface area contributed by atoms with Crippen LogP contribution in [0.3, 0.4) is 0 Å². The Labute approximate surface area is 124 Å². The molecule has 1 aliphatic rings. The van der Waals surface area contributed by atoms with Gasteiger partial charge in [0, 0.05) is 12.1 Å². The molecule has 0 aliphatic carbocycles. The first-order valence-corrected chi connectivity index (χ1v) is 7.06. The molecule has 2 aromatic carbocycles. The highest BCUT2D eigenvalue weighted by Gasteiger charge is 2.20. The van der Waals surface area contributed by atoms with E-state index in [1.807, 2.05) is 36.4 Å². The topological polar surface area (TPSA) is 38.5 Å². The van der Waals surface area contributed by atoms with E-state index in [0.717, 1.165) is 42.3 Å². The van der Waals surface area contributed by atoms with Gasteiger partial charge in [-0.05, 0) is 30.7 Å². The molecule has 2 N–H and O–H groups in total. The lowest BCUT2D eigenvalue weighted by molar-refractivity contribution is 0.322. The fraction of sp³-hybridized carbons (Fsp3) is 0.188. The van der Waals surface area contributed by atoms with Crippen LogP contribution < -0.4 is 15.4 Å². The molecular formula is C16H16N2OS. The van der Waals surface area contributed by atoms with Crippen molar-refractivity contribution in [2.24, 2.45) is 5.73 Å². The molecule has 0 fully saturated rings. The number of benzene rings is 2. The van der Waals surface area contributed by atoms with Crippen LogP contribution in [-0.2, 0) is 0 Å². The maximum atomic E-state index is 5.85. The molecule has 1 aliphatic heterocycles. The van der Waals surface area contributed by atoms with E-state index in [-0.39, 0.29) is 0 Å². The van der Waals surface area contributed by atoms with Gasteiger partial charge in [0.05, 0.1) is 18.0 Å². The predicted molar refractivity (Wildman–Crippen MR) is 85.9 cm³/mol. The molecular weight excluding hydrogens is 268 g/mol. The second kappa shape index (κ2) is 5.51. The number of hydrogen-bond donors (Lipinski definition) is 1. The van der Waals surface area contributed by atoms with Gasteiger partial charge in [0.15, 0.2) is 0 Å². The Bertz CT molecular complexity index is 642. The summed E-state index contributed by atoms with van der Waals surface area (Å²) in [4.78, 5) is 2.65. The van der Waals surface area contributed by atoms with Crippen LogP contribution in [0.5, 0.6) is 5.75 Å². The zero-order chi connectivity index (χ0) is 13.9. The summed E-state index contributed by atoms with van der Waals surface area (Å²) in [6.07, 6.45) is 0.959. The number of thiocarbonyl (C=S) groups is 1. The number of hydrogen-bond acceptors (Lipinski definition) is 3. The number of para-hydroxylation sites is 3. The summed E-state index contributed by atoms with van der Waals surface area (Å²) in [5, 5.41) is 0. The van der Waals surface area contributed by atoms with E-state index in [1.165, 1.54) is 0 Å². The van der Waals surface area contributed by atoms with Crippen LogP contribution in [0.1, 0.15) is 12.0 Å².